The van der Waals surface area contributed by atoms with Crippen molar-refractivity contribution in [2.24, 2.45) is 0 Å². The maximum atomic E-state index is 5.64. The molecule has 5 nitrogen and oxygen atoms in total. The summed E-state index contributed by atoms with van der Waals surface area (Å²) in [5.74, 6) is 2.15. The number of benzene rings is 1. The Bertz CT molecular complexity index is 459. The molecule has 2 rings (SSSR count). The summed E-state index contributed by atoms with van der Waals surface area (Å²) in [7, 11) is 4.98. The molecule has 1 aliphatic rings. The molecule has 118 valence electrons. The van der Waals surface area contributed by atoms with Crippen LogP contribution in [0.5, 0.6) is 17.2 Å². The Kier molecular flexibility index (Phi) is 5.70. The fourth-order valence-corrected chi connectivity index (χ4v) is 3.06. The van der Waals surface area contributed by atoms with E-state index in [9.17, 15) is 0 Å². The number of methoxy groups -OCH3 is 3. The fraction of sp³-hybridized carbons (Fsp3) is 0.625. The minimum atomic E-state index is 0.335. The fourth-order valence-electron chi connectivity index (χ4n) is 3.06. The zero-order valence-electron chi connectivity index (χ0n) is 13.4. The number of nitrogens with one attached hydrogen (secondary N) is 1. The monoisotopic (exact) mass is 294 g/mol. The van der Waals surface area contributed by atoms with Crippen molar-refractivity contribution in [3.8, 4) is 17.2 Å². The molecular formula is C16H26N2O3. The molecule has 0 unspecified atom stereocenters. The number of piperazine rings is 1. The molecule has 1 fully saturated rings. The van der Waals surface area contributed by atoms with E-state index in [0.717, 1.165) is 38.3 Å². The Balaban J connectivity index is 2.40. The molecule has 0 spiro atoms. The van der Waals surface area contributed by atoms with Gasteiger partial charge in [0, 0.05) is 37.8 Å². The molecule has 0 saturated carbocycles. The Labute approximate surface area is 127 Å². The molecule has 1 aromatic carbocycles. The molecule has 1 aliphatic heterocycles. The van der Waals surface area contributed by atoms with Gasteiger partial charge in [-0.25, -0.2) is 0 Å². The molecule has 0 amide bonds. The van der Waals surface area contributed by atoms with Crippen LogP contribution in [0, 0.1) is 0 Å². The van der Waals surface area contributed by atoms with Crippen molar-refractivity contribution < 1.29 is 14.2 Å². The first kappa shape index (κ1) is 15.9. The van der Waals surface area contributed by atoms with Crippen LogP contribution < -0.4 is 19.5 Å². The molecule has 0 radical (unpaired) electrons. The van der Waals surface area contributed by atoms with Gasteiger partial charge in [-0.05, 0) is 18.6 Å². The van der Waals surface area contributed by atoms with E-state index in [2.05, 4.69) is 23.2 Å². The summed E-state index contributed by atoms with van der Waals surface area (Å²) in [5.41, 5.74) is 1.17. The lowest BCUT2D eigenvalue weighted by molar-refractivity contribution is 0.165. The third kappa shape index (κ3) is 3.24. The zero-order chi connectivity index (χ0) is 15.2. The predicted molar refractivity (Wildman–Crippen MR) is 83.6 cm³/mol. The van der Waals surface area contributed by atoms with Crippen molar-refractivity contribution in [1.29, 1.82) is 0 Å². The Hall–Kier alpha value is -1.46. The van der Waals surface area contributed by atoms with Gasteiger partial charge in [0.2, 0.25) is 5.75 Å². The van der Waals surface area contributed by atoms with Crippen molar-refractivity contribution in [3.63, 3.8) is 0 Å². The quantitative estimate of drug-likeness (QED) is 0.870. The van der Waals surface area contributed by atoms with Gasteiger partial charge in [-0.1, -0.05) is 6.92 Å². The van der Waals surface area contributed by atoms with Crippen LogP contribution in [0.1, 0.15) is 24.9 Å². The first-order valence-electron chi connectivity index (χ1n) is 7.50. The van der Waals surface area contributed by atoms with E-state index in [1.165, 1.54) is 5.56 Å². The highest BCUT2D eigenvalue weighted by molar-refractivity contribution is 5.56. The van der Waals surface area contributed by atoms with Crippen molar-refractivity contribution >= 4 is 0 Å². The molecule has 1 heterocycles. The lowest BCUT2D eigenvalue weighted by atomic mass is 10.00. The van der Waals surface area contributed by atoms with E-state index in [1.54, 1.807) is 21.3 Å². The van der Waals surface area contributed by atoms with Gasteiger partial charge in [0.05, 0.1) is 21.3 Å². The molecule has 1 atom stereocenters. The summed E-state index contributed by atoms with van der Waals surface area (Å²) in [5, 5.41) is 3.40. The molecular weight excluding hydrogens is 268 g/mol. The van der Waals surface area contributed by atoms with Gasteiger partial charge in [-0.15, -0.1) is 0 Å². The number of rotatable bonds is 6. The normalized spacial score (nSPS) is 17.3. The molecule has 1 aromatic rings. The van der Waals surface area contributed by atoms with Gasteiger partial charge >= 0.3 is 0 Å². The average molecular weight is 294 g/mol. The minimum absolute atomic E-state index is 0.335. The lowest BCUT2D eigenvalue weighted by Gasteiger charge is -2.35. The van der Waals surface area contributed by atoms with Gasteiger partial charge in [0.1, 0.15) is 0 Å². The molecule has 0 aromatic heterocycles. The first-order valence-corrected chi connectivity index (χ1v) is 7.50. The highest BCUT2D eigenvalue weighted by atomic mass is 16.5. The van der Waals surface area contributed by atoms with Crippen molar-refractivity contribution in [2.75, 3.05) is 47.5 Å². The topological polar surface area (TPSA) is 43.0 Å². The van der Waals surface area contributed by atoms with Crippen molar-refractivity contribution in [2.45, 2.75) is 19.4 Å². The summed E-state index contributed by atoms with van der Waals surface area (Å²) < 4.78 is 16.5. The van der Waals surface area contributed by atoms with Gasteiger partial charge in [0.15, 0.2) is 11.5 Å². The Morgan fingerprint density at radius 3 is 2.24 bits per heavy atom. The maximum absolute atomic E-state index is 5.64. The summed E-state index contributed by atoms with van der Waals surface area (Å²) in [6.45, 7) is 6.38. The SMILES string of the molecule is CC[C@H](c1ccc(OC)c(OC)c1OC)N1CCNCC1. The largest absolute Gasteiger partial charge is 0.493 e. The van der Waals surface area contributed by atoms with Crippen molar-refractivity contribution in [3.05, 3.63) is 17.7 Å². The van der Waals surface area contributed by atoms with E-state index in [4.69, 9.17) is 14.2 Å². The van der Waals surface area contributed by atoms with E-state index in [0.29, 0.717) is 17.5 Å². The van der Waals surface area contributed by atoms with Crippen LogP contribution in [-0.4, -0.2) is 52.4 Å². The number of nitrogens with zero attached hydrogens (tertiary/aromatic N) is 1. The van der Waals surface area contributed by atoms with E-state index in [-0.39, 0.29) is 0 Å². The van der Waals surface area contributed by atoms with Crippen LogP contribution in [0.4, 0.5) is 0 Å². The maximum Gasteiger partial charge on any atom is 0.203 e. The summed E-state index contributed by atoms with van der Waals surface area (Å²) in [4.78, 5) is 2.50. The van der Waals surface area contributed by atoms with E-state index >= 15 is 0 Å². The van der Waals surface area contributed by atoms with E-state index < -0.39 is 0 Å². The lowest BCUT2D eigenvalue weighted by Crippen LogP contribution is -2.45. The number of hydrogen-bond donors (Lipinski definition) is 1. The van der Waals surface area contributed by atoms with Gasteiger partial charge in [-0.2, -0.15) is 0 Å². The highest BCUT2D eigenvalue weighted by Gasteiger charge is 2.26. The zero-order valence-corrected chi connectivity index (χ0v) is 13.4. The van der Waals surface area contributed by atoms with Crippen molar-refractivity contribution in [1.82, 2.24) is 10.2 Å². The molecule has 5 heteroatoms. The highest BCUT2D eigenvalue weighted by Crippen LogP contribution is 2.44. The Morgan fingerprint density at radius 1 is 1.05 bits per heavy atom. The average Bonchev–Trinajstić information content (AvgIpc) is 2.55. The second-order valence-electron chi connectivity index (χ2n) is 5.13. The van der Waals surface area contributed by atoms with Gasteiger partial charge in [0.25, 0.3) is 0 Å². The first-order chi connectivity index (χ1) is 10.3. The second-order valence-corrected chi connectivity index (χ2v) is 5.13. The third-order valence-corrected chi connectivity index (χ3v) is 4.07. The van der Waals surface area contributed by atoms with Crippen LogP contribution in [0.25, 0.3) is 0 Å². The van der Waals surface area contributed by atoms with Gasteiger partial charge in [-0.3, -0.25) is 4.90 Å². The molecule has 21 heavy (non-hydrogen) atoms. The summed E-state index contributed by atoms with van der Waals surface area (Å²) >= 11 is 0. The van der Waals surface area contributed by atoms with Crippen LogP contribution in [0.15, 0.2) is 12.1 Å². The number of hydrogen-bond acceptors (Lipinski definition) is 5. The van der Waals surface area contributed by atoms with Gasteiger partial charge < -0.3 is 19.5 Å². The predicted octanol–water partition coefficient (Wildman–Crippen LogP) is 2.07. The van der Waals surface area contributed by atoms with Crippen LogP contribution >= 0.6 is 0 Å². The number of ether oxygens (including phenoxy) is 3. The third-order valence-electron chi connectivity index (χ3n) is 4.07. The molecule has 0 aliphatic carbocycles. The summed E-state index contributed by atoms with van der Waals surface area (Å²) in [6.07, 6.45) is 1.03. The standard InChI is InChI=1S/C16H26N2O3/c1-5-13(18-10-8-17-9-11-18)12-6-7-14(19-2)16(21-4)15(12)20-3/h6-7,13,17H,5,8-11H2,1-4H3/t13-/m1/s1. The molecule has 1 saturated heterocycles. The summed E-state index contributed by atoms with van der Waals surface area (Å²) in [6, 6.07) is 4.39. The smallest absolute Gasteiger partial charge is 0.203 e. The minimum Gasteiger partial charge on any atom is -0.493 e. The van der Waals surface area contributed by atoms with Crippen LogP contribution in [0.2, 0.25) is 0 Å². The second kappa shape index (κ2) is 7.52. The molecule has 0 bridgehead atoms. The van der Waals surface area contributed by atoms with E-state index in [1.807, 2.05) is 6.07 Å². The molecule has 1 N–H and O–H groups in total. The van der Waals surface area contributed by atoms with Crippen LogP contribution in [0.3, 0.4) is 0 Å². The Morgan fingerprint density at radius 2 is 1.71 bits per heavy atom. The van der Waals surface area contributed by atoms with Crippen LogP contribution in [-0.2, 0) is 0 Å².